The van der Waals surface area contributed by atoms with Crippen molar-refractivity contribution in [1.82, 2.24) is 9.88 Å². The Labute approximate surface area is 169 Å². The molecule has 0 radical (unpaired) electrons. The summed E-state index contributed by atoms with van der Waals surface area (Å²) in [7, 11) is 0. The van der Waals surface area contributed by atoms with Crippen molar-refractivity contribution in [2.75, 3.05) is 6.54 Å². The SMILES string of the molecule is CC1c2cc(F)ccc2CCN1C(=O)CCc1nc2cc(C(F)(F)F)ccc2s1. The predicted molar refractivity (Wildman–Crippen MR) is 103 cm³/mol. The molecule has 1 unspecified atom stereocenters. The lowest BCUT2D eigenvalue weighted by Crippen LogP contribution is -2.39. The normalized spacial score (nSPS) is 16.9. The maximum Gasteiger partial charge on any atom is 0.416 e. The minimum Gasteiger partial charge on any atom is -0.336 e. The minimum absolute atomic E-state index is 0.0670. The molecule has 8 heteroatoms. The molecule has 2 heterocycles. The number of carbonyl (C=O) groups excluding carboxylic acids is 1. The number of thiazole rings is 1. The van der Waals surface area contributed by atoms with E-state index >= 15 is 0 Å². The van der Waals surface area contributed by atoms with Gasteiger partial charge in [-0.1, -0.05) is 6.07 Å². The maximum absolute atomic E-state index is 13.6. The highest BCUT2D eigenvalue weighted by Gasteiger charge is 2.31. The summed E-state index contributed by atoms with van der Waals surface area (Å²) >= 11 is 1.30. The van der Waals surface area contributed by atoms with Crippen molar-refractivity contribution in [3.8, 4) is 0 Å². The van der Waals surface area contributed by atoms with E-state index in [4.69, 9.17) is 0 Å². The van der Waals surface area contributed by atoms with Crippen molar-refractivity contribution in [3.63, 3.8) is 0 Å². The van der Waals surface area contributed by atoms with Gasteiger partial charge in [0.05, 0.1) is 26.8 Å². The van der Waals surface area contributed by atoms with Gasteiger partial charge in [-0.25, -0.2) is 9.37 Å². The van der Waals surface area contributed by atoms with E-state index < -0.39 is 11.7 Å². The van der Waals surface area contributed by atoms with Crippen molar-refractivity contribution in [1.29, 1.82) is 0 Å². The fourth-order valence-electron chi connectivity index (χ4n) is 3.74. The standard InChI is InChI=1S/C21H18F4N2OS/c1-12-16-11-15(22)4-2-13(16)8-9-27(12)20(28)7-6-19-26-17-10-14(21(23,24)25)3-5-18(17)29-19/h2-5,10-12H,6-9H2,1H3. The van der Waals surface area contributed by atoms with Crippen molar-refractivity contribution < 1.29 is 22.4 Å². The topological polar surface area (TPSA) is 33.2 Å². The van der Waals surface area contributed by atoms with Crippen LogP contribution in [0.2, 0.25) is 0 Å². The summed E-state index contributed by atoms with van der Waals surface area (Å²) in [5, 5.41) is 0.629. The predicted octanol–water partition coefficient (Wildman–Crippen LogP) is 5.53. The van der Waals surface area contributed by atoms with Gasteiger partial charge in [-0.2, -0.15) is 13.2 Å². The molecule has 29 heavy (non-hydrogen) atoms. The van der Waals surface area contributed by atoms with Gasteiger partial charge < -0.3 is 4.90 Å². The number of carbonyl (C=O) groups is 1. The summed E-state index contributed by atoms with van der Waals surface area (Å²) in [5.41, 5.74) is 1.44. The van der Waals surface area contributed by atoms with Crippen LogP contribution in [0.4, 0.5) is 17.6 Å². The molecule has 1 aliphatic rings. The molecule has 1 atom stereocenters. The van der Waals surface area contributed by atoms with Gasteiger partial charge in [-0.15, -0.1) is 11.3 Å². The molecule has 0 N–H and O–H groups in total. The second-order valence-corrected chi connectivity index (χ2v) is 8.26. The average molecular weight is 422 g/mol. The number of hydrogen-bond acceptors (Lipinski definition) is 3. The highest BCUT2D eigenvalue weighted by atomic mass is 32.1. The zero-order valence-corrected chi connectivity index (χ0v) is 16.4. The molecule has 1 amide bonds. The first-order chi connectivity index (χ1) is 13.7. The van der Waals surface area contributed by atoms with Gasteiger partial charge in [0.2, 0.25) is 5.91 Å². The molecular formula is C21H18F4N2OS. The van der Waals surface area contributed by atoms with Crippen LogP contribution in [0.5, 0.6) is 0 Å². The smallest absolute Gasteiger partial charge is 0.336 e. The molecule has 0 fully saturated rings. The van der Waals surface area contributed by atoms with Crippen LogP contribution in [-0.4, -0.2) is 22.3 Å². The minimum atomic E-state index is -4.41. The molecule has 2 aromatic carbocycles. The number of alkyl halides is 3. The van der Waals surface area contributed by atoms with Gasteiger partial charge >= 0.3 is 6.18 Å². The molecule has 1 aliphatic heterocycles. The Hall–Kier alpha value is -2.48. The van der Waals surface area contributed by atoms with Gasteiger partial charge in [0.1, 0.15) is 5.82 Å². The van der Waals surface area contributed by atoms with Crippen molar-refractivity contribution in [3.05, 3.63) is 63.9 Å². The highest BCUT2D eigenvalue weighted by Crippen LogP contribution is 2.34. The highest BCUT2D eigenvalue weighted by molar-refractivity contribution is 7.18. The zero-order chi connectivity index (χ0) is 20.8. The number of hydrogen-bond donors (Lipinski definition) is 0. The Morgan fingerprint density at radius 2 is 2.03 bits per heavy atom. The largest absolute Gasteiger partial charge is 0.416 e. The van der Waals surface area contributed by atoms with Crippen LogP contribution < -0.4 is 0 Å². The lowest BCUT2D eigenvalue weighted by atomic mass is 9.93. The fraction of sp³-hybridized carbons (Fsp3) is 0.333. The van der Waals surface area contributed by atoms with Gasteiger partial charge in [0, 0.05) is 19.4 Å². The molecule has 0 bridgehead atoms. The molecule has 3 nitrogen and oxygen atoms in total. The number of benzene rings is 2. The van der Waals surface area contributed by atoms with E-state index in [1.807, 2.05) is 6.92 Å². The number of aryl methyl sites for hydroxylation is 1. The van der Waals surface area contributed by atoms with E-state index in [9.17, 15) is 22.4 Å². The van der Waals surface area contributed by atoms with Gasteiger partial charge in [-0.05, 0) is 54.8 Å². The van der Waals surface area contributed by atoms with Crippen LogP contribution >= 0.6 is 11.3 Å². The molecule has 1 aromatic heterocycles. The fourth-order valence-corrected chi connectivity index (χ4v) is 4.69. The van der Waals surface area contributed by atoms with Crippen LogP contribution in [0.15, 0.2) is 36.4 Å². The van der Waals surface area contributed by atoms with Gasteiger partial charge in [0.25, 0.3) is 0 Å². The maximum atomic E-state index is 13.6. The van der Waals surface area contributed by atoms with Crippen molar-refractivity contribution in [2.24, 2.45) is 0 Å². The first kappa shape index (κ1) is 19.8. The van der Waals surface area contributed by atoms with Crippen LogP contribution in [0.3, 0.4) is 0 Å². The molecule has 0 spiro atoms. The van der Waals surface area contributed by atoms with Gasteiger partial charge in [-0.3, -0.25) is 4.79 Å². The third kappa shape index (κ3) is 3.99. The average Bonchev–Trinajstić information content (AvgIpc) is 3.08. The van der Waals surface area contributed by atoms with E-state index in [2.05, 4.69) is 4.98 Å². The van der Waals surface area contributed by atoms with Crippen LogP contribution in [0.25, 0.3) is 10.2 Å². The zero-order valence-electron chi connectivity index (χ0n) is 15.6. The third-order valence-corrected chi connectivity index (χ3v) is 6.38. The summed E-state index contributed by atoms with van der Waals surface area (Å²) in [6, 6.07) is 7.95. The molecule has 0 saturated carbocycles. The summed E-state index contributed by atoms with van der Waals surface area (Å²) in [6.45, 7) is 2.44. The van der Waals surface area contributed by atoms with E-state index in [1.165, 1.54) is 29.5 Å². The Morgan fingerprint density at radius 3 is 2.79 bits per heavy atom. The molecular weight excluding hydrogens is 404 g/mol. The monoisotopic (exact) mass is 422 g/mol. The second-order valence-electron chi connectivity index (χ2n) is 7.14. The van der Waals surface area contributed by atoms with E-state index in [1.54, 1.807) is 11.0 Å². The van der Waals surface area contributed by atoms with Crippen LogP contribution in [-0.2, 0) is 23.8 Å². The summed E-state index contributed by atoms with van der Waals surface area (Å²) in [6.07, 6.45) is -3.17. The van der Waals surface area contributed by atoms with Crippen molar-refractivity contribution in [2.45, 2.75) is 38.4 Å². The van der Waals surface area contributed by atoms with Crippen LogP contribution in [0.1, 0.15) is 41.1 Å². The Kier molecular flexibility index (Phi) is 5.06. The second kappa shape index (κ2) is 7.40. The lowest BCUT2D eigenvalue weighted by molar-refractivity contribution is -0.137. The van der Waals surface area contributed by atoms with Crippen molar-refractivity contribution >= 4 is 27.5 Å². The van der Waals surface area contributed by atoms with Gasteiger partial charge in [0.15, 0.2) is 0 Å². The van der Waals surface area contributed by atoms with E-state index in [0.717, 1.165) is 23.3 Å². The summed E-state index contributed by atoms with van der Waals surface area (Å²) in [4.78, 5) is 18.7. The molecule has 152 valence electrons. The van der Waals surface area contributed by atoms with E-state index in [0.29, 0.717) is 34.6 Å². The number of nitrogens with zero attached hydrogens (tertiary/aromatic N) is 2. The van der Waals surface area contributed by atoms with E-state index in [-0.39, 0.29) is 24.2 Å². The Balaban J connectivity index is 1.46. The molecule has 4 rings (SSSR count). The molecule has 0 aliphatic carbocycles. The first-order valence-electron chi connectivity index (χ1n) is 9.27. The number of amides is 1. The third-order valence-electron chi connectivity index (χ3n) is 5.28. The number of rotatable bonds is 3. The number of fused-ring (bicyclic) bond motifs is 2. The quantitative estimate of drug-likeness (QED) is 0.520. The molecule has 0 saturated heterocycles. The van der Waals surface area contributed by atoms with Crippen LogP contribution in [0, 0.1) is 5.82 Å². The Bertz CT molecular complexity index is 1080. The molecule has 3 aromatic rings. The first-order valence-corrected chi connectivity index (χ1v) is 10.1. The number of halogens is 4. The summed E-state index contributed by atoms with van der Waals surface area (Å²) < 4.78 is 52.8. The number of aromatic nitrogens is 1. The summed E-state index contributed by atoms with van der Waals surface area (Å²) in [5.74, 6) is -0.389. The lowest BCUT2D eigenvalue weighted by Gasteiger charge is -2.35. The Morgan fingerprint density at radius 1 is 1.24 bits per heavy atom.